The highest BCUT2D eigenvalue weighted by Gasteiger charge is 2.33. The number of rotatable bonds is 9. The number of hydrogen-bond acceptors (Lipinski definition) is 4. The molecule has 1 N–H and O–H groups in total. The van der Waals surface area contributed by atoms with Gasteiger partial charge in [-0.3, -0.25) is 13.9 Å². The number of hydrogen-bond donors (Lipinski definition) is 1. The van der Waals surface area contributed by atoms with Crippen molar-refractivity contribution in [3.63, 3.8) is 0 Å². The van der Waals surface area contributed by atoms with Gasteiger partial charge in [0.05, 0.1) is 10.6 Å². The number of halogens is 2. The molecule has 0 unspecified atom stereocenters. The fourth-order valence-corrected chi connectivity index (χ4v) is 5.27. The SMILES string of the molecule is CNC(=O)[C@H](C)N(Cc1ccc(Br)cc1)C(=O)CN(c1ccccc1F)S(=O)(=O)c1ccc(C)cc1. The van der Waals surface area contributed by atoms with Gasteiger partial charge in [0.1, 0.15) is 18.4 Å². The number of carbonyl (C=O) groups excluding carboxylic acids is 2. The lowest BCUT2D eigenvalue weighted by Crippen LogP contribution is -2.50. The van der Waals surface area contributed by atoms with Gasteiger partial charge < -0.3 is 10.2 Å². The maximum atomic E-state index is 14.8. The van der Waals surface area contributed by atoms with Gasteiger partial charge in [0.25, 0.3) is 10.0 Å². The van der Waals surface area contributed by atoms with Crippen LogP contribution < -0.4 is 9.62 Å². The summed E-state index contributed by atoms with van der Waals surface area (Å²) in [6, 6.07) is 17.7. The number of aryl methyl sites for hydroxylation is 1. The fraction of sp³-hybridized carbons (Fsp3) is 0.231. The zero-order valence-corrected chi connectivity index (χ0v) is 22.5. The van der Waals surface area contributed by atoms with E-state index in [-0.39, 0.29) is 17.1 Å². The molecule has 0 aliphatic carbocycles. The smallest absolute Gasteiger partial charge is 0.264 e. The Bertz CT molecular complexity index is 1330. The van der Waals surface area contributed by atoms with E-state index in [9.17, 15) is 22.4 Å². The first kappa shape index (κ1) is 27.3. The van der Waals surface area contributed by atoms with Gasteiger partial charge >= 0.3 is 0 Å². The first-order valence-corrected chi connectivity index (χ1v) is 13.4. The molecule has 190 valence electrons. The number of likely N-dealkylation sites (N-methyl/N-ethyl adjacent to an activating group) is 1. The largest absolute Gasteiger partial charge is 0.357 e. The van der Waals surface area contributed by atoms with Crippen molar-refractivity contribution in [1.82, 2.24) is 10.2 Å². The van der Waals surface area contributed by atoms with E-state index in [2.05, 4.69) is 21.2 Å². The highest BCUT2D eigenvalue weighted by molar-refractivity contribution is 9.10. The van der Waals surface area contributed by atoms with Crippen LogP contribution in [-0.4, -0.2) is 44.8 Å². The zero-order valence-electron chi connectivity index (χ0n) is 20.1. The van der Waals surface area contributed by atoms with Crippen LogP contribution in [0.1, 0.15) is 18.1 Å². The molecule has 1 atom stereocenters. The minimum Gasteiger partial charge on any atom is -0.357 e. The number of benzene rings is 3. The van der Waals surface area contributed by atoms with E-state index < -0.39 is 40.2 Å². The van der Waals surface area contributed by atoms with Gasteiger partial charge in [-0.15, -0.1) is 0 Å². The Hall–Kier alpha value is -3.24. The van der Waals surface area contributed by atoms with Crippen LogP contribution >= 0.6 is 15.9 Å². The van der Waals surface area contributed by atoms with Gasteiger partial charge in [-0.25, -0.2) is 12.8 Å². The number of amides is 2. The van der Waals surface area contributed by atoms with Crippen molar-refractivity contribution >= 4 is 43.5 Å². The maximum absolute atomic E-state index is 14.8. The Morgan fingerprint density at radius 2 is 1.61 bits per heavy atom. The summed E-state index contributed by atoms with van der Waals surface area (Å²) in [6.07, 6.45) is 0. The Morgan fingerprint density at radius 1 is 1.00 bits per heavy atom. The number of carbonyl (C=O) groups is 2. The topological polar surface area (TPSA) is 86.8 Å². The third-order valence-electron chi connectivity index (χ3n) is 5.69. The molecule has 0 aliphatic rings. The van der Waals surface area contributed by atoms with Gasteiger partial charge in [0.15, 0.2) is 0 Å². The summed E-state index contributed by atoms with van der Waals surface area (Å²) in [4.78, 5) is 27.3. The molecule has 0 spiro atoms. The second-order valence-corrected chi connectivity index (χ2v) is 11.0. The normalized spacial score (nSPS) is 12.0. The van der Waals surface area contributed by atoms with Crippen molar-refractivity contribution in [3.05, 3.63) is 94.2 Å². The van der Waals surface area contributed by atoms with E-state index in [0.29, 0.717) is 0 Å². The Kier molecular flexibility index (Phi) is 8.86. The van der Waals surface area contributed by atoms with Crippen LogP contribution in [0.5, 0.6) is 0 Å². The number of sulfonamides is 1. The molecule has 0 saturated heterocycles. The van der Waals surface area contributed by atoms with E-state index in [0.717, 1.165) is 26.0 Å². The zero-order chi connectivity index (χ0) is 26.5. The molecule has 0 heterocycles. The van der Waals surface area contributed by atoms with Crippen molar-refractivity contribution in [2.24, 2.45) is 0 Å². The maximum Gasteiger partial charge on any atom is 0.264 e. The van der Waals surface area contributed by atoms with Gasteiger partial charge in [0.2, 0.25) is 11.8 Å². The number of anilines is 1. The van der Waals surface area contributed by atoms with Gasteiger partial charge in [-0.05, 0) is 55.8 Å². The van der Waals surface area contributed by atoms with E-state index in [1.54, 1.807) is 43.3 Å². The van der Waals surface area contributed by atoms with Crippen molar-refractivity contribution in [2.75, 3.05) is 17.9 Å². The average molecular weight is 576 g/mol. The number of para-hydroxylation sites is 1. The first-order valence-electron chi connectivity index (χ1n) is 11.1. The molecular weight excluding hydrogens is 549 g/mol. The van der Waals surface area contributed by atoms with Crippen LogP contribution in [0.2, 0.25) is 0 Å². The summed E-state index contributed by atoms with van der Waals surface area (Å²) in [6.45, 7) is 2.72. The molecule has 2 amide bonds. The predicted octanol–water partition coefficient (Wildman–Crippen LogP) is 4.26. The van der Waals surface area contributed by atoms with Gasteiger partial charge in [-0.1, -0.05) is 57.9 Å². The Morgan fingerprint density at radius 3 is 2.19 bits per heavy atom. The van der Waals surface area contributed by atoms with E-state index in [1.807, 2.05) is 6.92 Å². The predicted molar refractivity (Wildman–Crippen MR) is 140 cm³/mol. The molecule has 0 aliphatic heterocycles. The molecule has 0 radical (unpaired) electrons. The lowest BCUT2D eigenvalue weighted by molar-refractivity contribution is -0.139. The van der Waals surface area contributed by atoms with Crippen LogP contribution in [0.4, 0.5) is 10.1 Å². The minimum atomic E-state index is -4.31. The van der Waals surface area contributed by atoms with Gasteiger partial charge in [0, 0.05) is 18.1 Å². The highest BCUT2D eigenvalue weighted by Crippen LogP contribution is 2.27. The standard InChI is InChI=1S/C26H27BrFN3O4S/c1-18-8-14-22(15-9-18)36(34,35)31(24-7-5-4-6-23(24)28)17-25(32)30(19(2)26(33)29-3)16-20-10-12-21(27)13-11-20/h4-15,19H,16-17H2,1-3H3,(H,29,33)/t19-/m0/s1. The lowest BCUT2D eigenvalue weighted by Gasteiger charge is -2.31. The molecule has 10 heteroatoms. The molecule has 3 rings (SSSR count). The Labute approximate surface area is 219 Å². The molecule has 36 heavy (non-hydrogen) atoms. The fourth-order valence-electron chi connectivity index (χ4n) is 3.58. The van der Waals surface area contributed by atoms with Gasteiger partial charge in [-0.2, -0.15) is 0 Å². The van der Waals surface area contributed by atoms with Crippen molar-refractivity contribution < 1.29 is 22.4 Å². The second kappa shape index (κ2) is 11.7. The second-order valence-electron chi connectivity index (χ2n) is 8.21. The van der Waals surface area contributed by atoms with Crippen molar-refractivity contribution in [1.29, 1.82) is 0 Å². The van der Waals surface area contributed by atoms with Crippen LogP contribution in [0, 0.1) is 12.7 Å². The summed E-state index contributed by atoms with van der Waals surface area (Å²) < 4.78 is 43.7. The minimum absolute atomic E-state index is 0.0520. The third-order valence-corrected chi connectivity index (χ3v) is 7.99. The molecular formula is C26H27BrFN3O4S. The molecule has 0 fully saturated rings. The number of nitrogens with one attached hydrogen (secondary N) is 1. The molecule has 7 nitrogen and oxygen atoms in total. The van der Waals surface area contributed by atoms with E-state index >= 15 is 0 Å². The van der Waals surface area contributed by atoms with Crippen molar-refractivity contribution in [2.45, 2.75) is 31.3 Å². The number of nitrogens with zero attached hydrogens (tertiary/aromatic N) is 2. The van der Waals surface area contributed by atoms with Crippen LogP contribution in [0.25, 0.3) is 0 Å². The quantitative estimate of drug-likeness (QED) is 0.413. The molecule has 0 aromatic heterocycles. The molecule has 0 saturated carbocycles. The van der Waals surface area contributed by atoms with E-state index in [4.69, 9.17) is 0 Å². The van der Waals surface area contributed by atoms with E-state index in [1.165, 1.54) is 42.3 Å². The molecule has 0 bridgehead atoms. The summed E-state index contributed by atoms with van der Waals surface area (Å²) >= 11 is 3.36. The third kappa shape index (κ3) is 6.30. The molecule has 3 aromatic carbocycles. The van der Waals surface area contributed by atoms with Crippen LogP contribution in [-0.2, 0) is 26.2 Å². The average Bonchev–Trinajstić information content (AvgIpc) is 2.86. The monoisotopic (exact) mass is 575 g/mol. The first-order chi connectivity index (χ1) is 17.0. The van der Waals surface area contributed by atoms with Crippen molar-refractivity contribution in [3.8, 4) is 0 Å². The van der Waals surface area contributed by atoms with Crippen LogP contribution in [0.3, 0.4) is 0 Å². The van der Waals surface area contributed by atoms with Crippen LogP contribution in [0.15, 0.2) is 82.2 Å². The summed E-state index contributed by atoms with van der Waals surface area (Å²) in [7, 11) is -2.86. The molecule has 3 aromatic rings. The summed E-state index contributed by atoms with van der Waals surface area (Å²) in [5.41, 5.74) is 1.33. The Balaban J connectivity index is 2.04. The summed E-state index contributed by atoms with van der Waals surface area (Å²) in [5.74, 6) is -1.87. The highest BCUT2D eigenvalue weighted by atomic mass is 79.9. The lowest BCUT2D eigenvalue weighted by atomic mass is 10.1. The summed E-state index contributed by atoms with van der Waals surface area (Å²) in [5, 5.41) is 2.52.